The Labute approximate surface area is 128 Å². The van der Waals surface area contributed by atoms with Gasteiger partial charge in [-0.15, -0.1) is 0 Å². The molecule has 1 aliphatic rings. The number of benzene rings is 1. The van der Waals surface area contributed by atoms with Crippen LogP contribution in [0.4, 0.5) is 11.4 Å². The van der Waals surface area contributed by atoms with Gasteiger partial charge in [0.05, 0.1) is 23.7 Å². The van der Waals surface area contributed by atoms with Gasteiger partial charge >= 0.3 is 0 Å². The molecule has 114 valence electrons. The van der Waals surface area contributed by atoms with Gasteiger partial charge in [0.15, 0.2) is 0 Å². The number of nitrogens with one attached hydrogen (secondary N) is 2. The molecule has 1 aromatic heterocycles. The zero-order valence-corrected chi connectivity index (χ0v) is 12.8. The van der Waals surface area contributed by atoms with Gasteiger partial charge in [-0.25, -0.2) is 0 Å². The normalized spacial score (nSPS) is 13.7. The molecule has 0 radical (unpaired) electrons. The van der Waals surface area contributed by atoms with Crippen molar-refractivity contribution >= 4 is 23.2 Å². The van der Waals surface area contributed by atoms with Gasteiger partial charge in [0, 0.05) is 17.6 Å². The predicted molar refractivity (Wildman–Crippen MR) is 84.0 cm³/mol. The average molecular weight is 298 g/mol. The van der Waals surface area contributed by atoms with Crippen molar-refractivity contribution in [3.05, 3.63) is 41.7 Å². The fraction of sp³-hybridized carbons (Fsp3) is 0.312. The smallest absolute Gasteiger partial charge is 0.258 e. The number of nitrogens with zero attached hydrogens (tertiary/aromatic N) is 2. The molecule has 0 bridgehead atoms. The molecule has 1 aromatic carbocycles. The summed E-state index contributed by atoms with van der Waals surface area (Å²) in [6.45, 7) is 6.06. The summed E-state index contributed by atoms with van der Waals surface area (Å²) < 4.78 is 1.76. The number of carbonyl (C=O) groups is 2. The fourth-order valence-corrected chi connectivity index (χ4v) is 2.32. The third-order valence-electron chi connectivity index (χ3n) is 3.52. The maximum atomic E-state index is 12.3. The van der Waals surface area contributed by atoms with Crippen molar-refractivity contribution in [1.29, 1.82) is 0 Å². The Hall–Kier alpha value is -2.63. The Morgan fingerprint density at radius 1 is 1.36 bits per heavy atom. The number of amides is 2. The van der Waals surface area contributed by atoms with E-state index in [1.807, 2.05) is 26.8 Å². The van der Waals surface area contributed by atoms with Crippen LogP contribution in [-0.2, 0) is 16.8 Å². The molecule has 0 fully saturated rings. The van der Waals surface area contributed by atoms with Gasteiger partial charge in [-0.1, -0.05) is 0 Å². The summed E-state index contributed by atoms with van der Waals surface area (Å²) in [6.07, 6.45) is 3.63. The highest BCUT2D eigenvalue weighted by molar-refractivity contribution is 6.05. The summed E-state index contributed by atoms with van der Waals surface area (Å²) in [6, 6.07) is 5.39. The third kappa shape index (κ3) is 2.72. The van der Waals surface area contributed by atoms with Gasteiger partial charge in [-0.05, 0) is 44.5 Å². The highest BCUT2D eigenvalue weighted by Gasteiger charge is 2.19. The average Bonchev–Trinajstić information content (AvgIpc) is 3.02. The molecule has 0 aliphatic carbocycles. The van der Waals surface area contributed by atoms with Gasteiger partial charge < -0.3 is 10.6 Å². The van der Waals surface area contributed by atoms with E-state index in [-0.39, 0.29) is 17.4 Å². The summed E-state index contributed by atoms with van der Waals surface area (Å²) in [4.78, 5) is 23.6. The zero-order valence-electron chi connectivity index (χ0n) is 12.8. The number of carbonyl (C=O) groups excluding carboxylic acids is 2. The van der Waals surface area contributed by atoms with Gasteiger partial charge in [0.1, 0.15) is 0 Å². The first-order chi connectivity index (χ1) is 10.3. The van der Waals surface area contributed by atoms with Crippen LogP contribution in [-0.4, -0.2) is 21.6 Å². The molecule has 2 aromatic rings. The molecular formula is C16H18N4O2. The van der Waals surface area contributed by atoms with Crippen LogP contribution in [0, 0.1) is 0 Å². The summed E-state index contributed by atoms with van der Waals surface area (Å²) in [5.74, 6) is -0.238. The second-order valence-electron chi connectivity index (χ2n) is 6.40. The molecule has 1 aliphatic heterocycles. The van der Waals surface area contributed by atoms with Crippen molar-refractivity contribution in [3.8, 4) is 0 Å². The van der Waals surface area contributed by atoms with Crippen LogP contribution < -0.4 is 10.6 Å². The lowest BCUT2D eigenvalue weighted by molar-refractivity contribution is -0.115. The molecule has 0 atom stereocenters. The van der Waals surface area contributed by atoms with Crippen LogP contribution >= 0.6 is 0 Å². The lowest BCUT2D eigenvalue weighted by Gasteiger charge is -2.18. The number of hydrogen-bond acceptors (Lipinski definition) is 3. The molecule has 0 saturated carbocycles. The molecular weight excluding hydrogens is 280 g/mol. The monoisotopic (exact) mass is 298 g/mol. The predicted octanol–water partition coefficient (Wildman–Crippen LogP) is 2.38. The fourth-order valence-electron chi connectivity index (χ4n) is 2.32. The molecule has 0 unspecified atom stereocenters. The molecule has 6 nitrogen and oxygen atoms in total. The summed E-state index contributed by atoms with van der Waals surface area (Å²) in [5, 5.41) is 9.82. The number of rotatable bonds is 2. The molecule has 0 saturated heterocycles. The van der Waals surface area contributed by atoms with Crippen LogP contribution in [0.5, 0.6) is 0 Å². The lowest BCUT2D eigenvalue weighted by atomic mass is 10.1. The molecule has 22 heavy (non-hydrogen) atoms. The van der Waals surface area contributed by atoms with Crippen LogP contribution in [0.15, 0.2) is 30.6 Å². The van der Waals surface area contributed by atoms with Gasteiger partial charge in [-0.2, -0.15) is 5.10 Å². The number of anilines is 2. The molecule has 2 heterocycles. The van der Waals surface area contributed by atoms with E-state index in [4.69, 9.17) is 0 Å². The molecule has 2 amide bonds. The number of hydrogen-bond donors (Lipinski definition) is 2. The first-order valence-electron chi connectivity index (χ1n) is 7.12. The SMILES string of the molecule is CC(C)(C)n1cc(C(=O)Nc2ccc3c(c2)CC(=O)N3)cn1. The first-order valence-corrected chi connectivity index (χ1v) is 7.12. The van der Waals surface area contributed by atoms with E-state index < -0.39 is 0 Å². The third-order valence-corrected chi connectivity index (χ3v) is 3.52. The van der Waals surface area contributed by atoms with Crippen LogP contribution in [0.2, 0.25) is 0 Å². The highest BCUT2D eigenvalue weighted by Crippen LogP contribution is 2.26. The number of aromatic nitrogens is 2. The summed E-state index contributed by atoms with van der Waals surface area (Å²) in [5.41, 5.74) is 2.71. The summed E-state index contributed by atoms with van der Waals surface area (Å²) >= 11 is 0. The van der Waals surface area contributed by atoms with Crippen molar-refractivity contribution in [1.82, 2.24) is 9.78 Å². The minimum atomic E-state index is -0.215. The van der Waals surface area contributed by atoms with E-state index in [0.29, 0.717) is 17.7 Å². The molecule has 2 N–H and O–H groups in total. The number of fused-ring (bicyclic) bond motifs is 1. The van der Waals surface area contributed by atoms with Crippen molar-refractivity contribution in [2.45, 2.75) is 32.7 Å². The maximum absolute atomic E-state index is 12.3. The second-order valence-corrected chi connectivity index (χ2v) is 6.40. The Bertz CT molecular complexity index is 756. The standard InChI is InChI=1S/C16H18N4O2/c1-16(2,3)20-9-11(8-17-20)15(22)18-12-4-5-13-10(6-12)7-14(21)19-13/h4-6,8-9H,7H2,1-3H3,(H,18,22)(H,19,21). The maximum Gasteiger partial charge on any atom is 0.258 e. The van der Waals surface area contributed by atoms with Crippen molar-refractivity contribution in [2.75, 3.05) is 10.6 Å². The van der Waals surface area contributed by atoms with E-state index in [0.717, 1.165) is 11.3 Å². The van der Waals surface area contributed by atoms with E-state index >= 15 is 0 Å². The Morgan fingerprint density at radius 2 is 2.14 bits per heavy atom. The van der Waals surface area contributed by atoms with E-state index in [1.165, 1.54) is 0 Å². The van der Waals surface area contributed by atoms with Crippen molar-refractivity contribution < 1.29 is 9.59 Å². The minimum Gasteiger partial charge on any atom is -0.326 e. The zero-order chi connectivity index (χ0) is 15.9. The Balaban J connectivity index is 1.76. The topological polar surface area (TPSA) is 76.0 Å². The minimum absolute atomic E-state index is 0.0232. The van der Waals surface area contributed by atoms with Crippen LogP contribution in [0.3, 0.4) is 0 Å². The quantitative estimate of drug-likeness (QED) is 0.893. The Morgan fingerprint density at radius 3 is 2.82 bits per heavy atom. The van der Waals surface area contributed by atoms with E-state index in [9.17, 15) is 9.59 Å². The van der Waals surface area contributed by atoms with Crippen LogP contribution in [0.25, 0.3) is 0 Å². The van der Waals surface area contributed by atoms with E-state index in [1.54, 1.807) is 29.2 Å². The van der Waals surface area contributed by atoms with E-state index in [2.05, 4.69) is 15.7 Å². The molecule has 0 spiro atoms. The highest BCUT2D eigenvalue weighted by atomic mass is 16.2. The second kappa shape index (κ2) is 4.98. The largest absolute Gasteiger partial charge is 0.326 e. The first kappa shape index (κ1) is 14.3. The lowest BCUT2D eigenvalue weighted by Crippen LogP contribution is -2.22. The molecule has 6 heteroatoms. The van der Waals surface area contributed by atoms with Gasteiger partial charge in [0.2, 0.25) is 5.91 Å². The summed E-state index contributed by atoms with van der Waals surface area (Å²) in [7, 11) is 0. The van der Waals surface area contributed by atoms with Crippen LogP contribution in [0.1, 0.15) is 36.7 Å². The van der Waals surface area contributed by atoms with Crippen molar-refractivity contribution in [3.63, 3.8) is 0 Å². The van der Waals surface area contributed by atoms with Gasteiger partial charge in [-0.3, -0.25) is 14.3 Å². The van der Waals surface area contributed by atoms with Crippen molar-refractivity contribution in [2.24, 2.45) is 0 Å². The Kier molecular flexibility index (Phi) is 3.24. The van der Waals surface area contributed by atoms with Gasteiger partial charge in [0.25, 0.3) is 5.91 Å². The molecule has 3 rings (SSSR count).